The number of imidazole rings is 1. The SMILES string of the molecule is N#Cc1ccc(NCCNc2ccc(-c3ncc[nH]3)c(-c3ccc(Cl)cc3Cl)n2)nc1. The van der Waals surface area contributed by atoms with Gasteiger partial charge in [-0.15, -0.1) is 0 Å². The fraction of sp³-hybridized carbons (Fsp3) is 0.0909. The topological polar surface area (TPSA) is 102 Å². The molecule has 7 nitrogen and oxygen atoms in total. The van der Waals surface area contributed by atoms with Crippen molar-refractivity contribution >= 4 is 34.8 Å². The maximum absolute atomic E-state index is 8.84. The van der Waals surface area contributed by atoms with Crippen molar-refractivity contribution in [2.75, 3.05) is 23.7 Å². The van der Waals surface area contributed by atoms with E-state index in [2.05, 4.69) is 25.6 Å². The third-order valence-electron chi connectivity index (χ3n) is 4.46. The van der Waals surface area contributed by atoms with Crippen LogP contribution in [-0.4, -0.2) is 33.0 Å². The van der Waals surface area contributed by atoms with Crippen LogP contribution in [0.1, 0.15) is 5.56 Å². The summed E-state index contributed by atoms with van der Waals surface area (Å²) in [4.78, 5) is 16.4. The maximum Gasteiger partial charge on any atom is 0.139 e. The molecule has 9 heteroatoms. The van der Waals surface area contributed by atoms with E-state index in [4.69, 9.17) is 33.4 Å². The highest BCUT2D eigenvalue weighted by atomic mass is 35.5. The van der Waals surface area contributed by atoms with E-state index < -0.39 is 0 Å². The summed E-state index contributed by atoms with van der Waals surface area (Å²) in [5.74, 6) is 2.11. The summed E-state index contributed by atoms with van der Waals surface area (Å²) in [5.41, 5.74) is 2.82. The Bertz CT molecular complexity index is 1220. The Labute approximate surface area is 189 Å². The Balaban J connectivity index is 1.51. The molecule has 3 aromatic heterocycles. The first-order valence-electron chi connectivity index (χ1n) is 9.44. The largest absolute Gasteiger partial charge is 0.368 e. The number of halogens is 2. The molecule has 31 heavy (non-hydrogen) atoms. The molecule has 3 heterocycles. The Hall–Kier alpha value is -3.60. The Morgan fingerprint density at radius 3 is 2.39 bits per heavy atom. The van der Waals surface area contributed by atoms with Crippen LogP contribution in [0, 0.1) is 11.3 Å². The molecule has 0 aliphatic carbocycles. The number of aromatic amines is 1. The predicted octanol–water partition coefficient (Wildman–Crippen LogP) is 5.24. The maximum atomic E-state index is 8.84. The van der Waals surface area contributed by atoms with E-state index >= 15 is 0 Å². The van der Waals surface area contributed by atoms with Crippen LogP contribution in [0.2, 0.25) is 10.0 Å². The van der Waals surface area contributed by atoms with Crippen LogP contribution in [0.25, 0.3) is 22.6 Å². The van der Waals surface area contributed by atoms with Gasteiger partial charge >= 0.3 is 0 Å². The van der Waals surface area contributed by atoms with Gasteiger partial charge in [0.05, 0.1) is 16.3 Å². The average molecular weight is 450 g/mol. The number of nitrogens with zero attached hydrogens (tertiary/aromatic N) is 4. The molecule has 0 bridgehead atoms. The Kier molecular flexibility index (Phi) is 6.32. The van der Waals surface area contributed by atoms with Crippen LogP contribution < -0.4 is 10.6 Å². The second-order valence-electron chi connectivity index (χ2n) is 6.55. The van der Waals surface area contributed by atoms with Crippen molar-refractivity contribution < 1.29 is 0 Å². The molecule has 0 unspecified atom stereocenters. The monoisotopic (exact) mass is 449 g/mol. The zero-order valence-corrected chi connectivity index (χ0v) is 17.7. The molecule has 0 aliphatic rings. The van der Waals surface area contributed by atoms with E-state index in [1.54, 1.807) is 36.7 Å². The molecule has 0 saturated carbocycles. The second-order valence-corrected chi connectivity index (χ2v) is 7.40. The lowest BCUT2D eigenvalue weighted by Crippen LogP contribution is -2.15. The molecule has 154 valence electrons. The lowest BCUT2D eigenvalue weighted by atomic mass is 10.0. The molecule has 0 amide bonds. The highest BCUT2D eigenvalue weighted by Crippen LogP contribution is 2.35. The zero-order chi connectivity index (χ0) is 21.6. The molecule has 0 aliphatic heterocycles. The summed E-state index contributed by atoms with van der Waals surface area (Å²) in [6.07, 6.45) is 4.99. The van der Waals surface area contributed by atoms with E-state index in [9.17, 15) is 0 Å². The number of rotatable bonds is 7. The second kappa shape index (κ2) is 9.47. The number of anilines is 2. The van der Waals surface area contributed by atoms with Gasteiger partial charge in [-0.05, 0) is 42.5 Å². The fourth-order valence-corrected chi connectivity index (χ4v) is 3.49. The van der Waals surface area contributed by atoms with Crippen molar-refractivity contribution in [1.82, 2.24) is 19.9 Å². The number of nitriles is 1. The summed E-state index contributed by atoms with van der Waals surface area (Å²) in [5, 5.41) is 16.4. The molecular weight excluding hydrogens is 433 g/mol. The van der Waals surface area contributed by atoms with Gasteiger partial charge in [0.2, 0.25) is 0 Å². The van der Waals surface area contributed by atoms with Gasteiger partial charge in [0.25, 0.3) is 0 Å². The molecule has 4 rings (SSSR count). The van der Waals surface area contributed by atoms with Gasteiger partial charge in [-0.25, -0.2) is 15.0 Å². The molecule has 3 N–H and O–H groups in total. The van der Waals surface area contributed by atoms with Crippen molar-refractivity contribution in [3.8, 4) is 28.7 Å². The Morgan fingerprint density at radius 1 is 0.935 bits per heavy atom. The molecule has 4 aromatic rings. The van der Waals surface area contributed by atoms with Gasteiger partial charge in [-0.3, -0.25) is 0 Å². The number of H-pyrrole nitrogens is 1. The van der Waals surface area contributed by atoms with Gasteiger partial charge < -0.3 is 15.6 Å². The highest BCUT2D eigenvalue weighted by Gasteiger charge is 2.15. The smallest absolute Gasteiger partial charge is 0.139 e. The molecular formula is C22H17Cl2N7. The molecule has 0 spiro atoms. The fourth-order valence-electron chi connectivity index (χ4n) is 2.99. The van der Waals surface area contributed by atoms with E-state index in [0.29, 0.717) is 51.9 Å². The summed E-state index contributed by atoms with van der Waals surface area (Å²) < 4.78 is 0. The van der Waals surface area contributed by atoms with Crippen LogP contribution in [-0.2, 0) is 0 Å². The van der Waals surface area contributed by atoms with Gasteiger partial charge in [-0.1, -0.05) is 23.2 Å². The normalized spacial score (nSPS) is 10.5. The van der Waals surface area contributed by atoms with Crippen LogP contribution in [0.3, 0.4) is 0 Å². The minimum Gasteiger partial charge on any atom is -0.368 e. The van der Waals surface area contributed by atoms with E-state index in [0.717, 1.165) is 11.1 Å². The first-order chi connectivity index (χ1) is 15.1. The summed E-state index contributed by atoms with van der Waals surface area (Å²) in [6, 6.07) is 14.7. The molecule has 0 saturated heterocycles. The summed E-state index contributed by atoms with van der Waals surface area (Å²) >= 11 is 12.5. The summed E-state index contributed by atoms with van der Waals surface area (Å²) in [7, 11) is 0. The van der Waals surface area contributed by atoms with Gasteiger partial charge in [0.1, 0.15) is 23.5 Å². The van der Waals surface area contributed by atoms with E-state index in [1.807, 2.05) is 24.3 Å². The van der Waals surface area contributed by atoms with Gasteiger partial charge in [-0.2, -0.15) is 5.26 Å². The van der Waals surface area contributed by atoms with Crippen molar-refractivity contribution in [2.45, 2.75) is 0 Å². The molecule has 0 atom stereocenters. The average Bonchev–Trinajstić information content (AvgIpc) is 3.32. The number of hydrogen-bond acceptors (Lipinski definition) is 6. The first kappa shape index (κ1) is 20.7. The van der Waals surface area contributed by atoms with Crippen molar-refractivity contribution in [1.29, 1.82) is 5.26 Å². The van der Waals surface area contributed by atoms with Crippen LogP contribution in [0.15, 0.2) is 61.1 Å². The van der Waals surface area contributed by atoms with E-state index in [1.165, 1.54) is 6.20 Å². The number of benzene rings is 1. The number of hydrogen-bond donors (Lipinski definition) is 3. The molecule has 0 fully saturated rings. The number of aromatic nitrogens is 4. The standard InChI is InChI=1S/C22H17Cl2N7/c23-15-2-3-16(18(24)11-15)21-17(22-28-9-10-29-22)4-6-20(31-21)27-8-7-26-19-5-1-14(12-25)13-30-19/h1-6,9-11,13H,7-8H2,(H,26,30)(H,27,31)(H,28,29). The molecule has 0 radical (unpaired) electrons. The quantitative estimate of drug-likeness (QED) is 0.333. The third kappa shape index (κ3) is 4.94. The van der Waals surface area contributed by atoms with Crippen molar-refractivity contribution in [3.05, 3.63) is 76.7 Å². The van der Waals surface area contributed by atoms with Crippen molar-refractivity contribution in [2.24, 2.45) is 0 Å². The number of nitrogens with one attached hydrogen (secondary N) is 3. The summed E-state index contributed by atoms with van der Waals surface area (Å²) in [6.45, 7) is 1.24. The highest BCUT2D eigenvalue weighted by molar-refractivity contribution is 6.36. The van der Waals surface area contributed by atoms with Crippen molar-refractivity contribution in [3.63, 3.8) is 0 Å². The van der Waals surface area contributed by atoms with Crippen LogP contribution >= 0.6 is 23.2 Å². The lowest BCUT2D eigenvalue weighted by Gasteiger charge is -2.13. The predicted molar refractivity (Wildman–Crippen MR) is 123 cm³/mol. The van der Waals surface area contributed by atoms with Crippen LogP contribution in [0.4, 0.5) is 11.6 Å². The van der Waals surface area contributed by atoms with Crippen LogP contribution in [0.5, 0.6) is 0 Å². The zero-order valence-electron chi connectivity index (χ0n) is 16.2. The number of pyridine rings is 2. The third-order valence-corrected chi connectivity index (χ3v) is 5.01. The van der Waals surface area contributed by atoms with Gasteiger partial charge in [0, 0.05) is 47.8 Å². The Morgan fingerprint density at radius 2 is 1.71 bits per heavy atom. The lowest BCUT2D eigenvalue weighted by molar-refractivity contribution is 1.04. The van der Waals surface area contributed by atoms with E-state index in [-0.39, 0.29) is 0 Å². The van der Waals surface area contributed by atoms with Gasteiger partial charge in [0.15, 0.2) is 0 Å². The minimum atomic E-state index is 0.513. The molecule has 1 aromatic carbocycles. The minimum absolute atomic E-state index is 0.513. The first-order valence-corrected chi connectivity index (χ1v) is 10.2.